The number of aromatic nitrogens is 7. The lowest BCUT2D eigenvalue weighted by molar-refractivity contribution is 0.895. The van der Waals surface area contributed by atoms with E-state index in [0.29, 0.717) is 0 Å². The van der Waals surface area contributed by atoms with Gasteiger partial charge in [0.25, 0.3) is 0 Å². The summed E-state index contributed by atoms with van der Waals surface area (Å²) >= 11 is 0. The highest BCUT2D eigenvalue weighted by molar-refractivity contribution is 5.63. The molecule has 0 bridgehead atoms. The van der Waals surface area contributed by atoms with Gasteiger partial charge in [0.05, 0.1) is 29.5 Å². The van der Waals surface area contributed by atoms with Gasteiger partial charge in [0.1, 0.15) is 5.69 Å². The zero-order valence-electron chi connectivity index (χ0n) is 17.4. The molecule has 0 unspecified atom stereocenters. The molecule has 7 heteroatoms. The maximum Gasteiger partial charge on any atom is 0.159 e. The molecule has 0 aliphatic carbocycles. The molecule has 0 aliphatic rings. The van der Waals surface area contributed by atoms with Crippen molar-refractivity contribution in [2.24, 2.45) is 0 Å². The van der Waals surface area contributed by atoms with Gasteiger partial charge >= 0.3 is 0 Å². The summed E-state index contributed by atoms with van der Waals surface area (Å²) in [4.78, 5) is 26.7. The number of hydrogen-bond donors (Lipinski definition) is 0. The van der Waals surface area contributed by atoms with E-state index in [1.54, 1.807) is 18.6 Å². The molecular formula is C24H21N7. The Morgan fingerprint density at radius 3 is 2.55 bits per heavy atom. The highest BCUT2D eigenvalue weighted by Gasteiger charge is 2.12. The number of imidazole rings is 1. The maximum absolute atomic E-state index is 4.72. The second-order valence-electron chi connectivity index (χ2n) is 7.50. The number of rotatable bonds is 5. The minimum Gasteiger partial charge on any atom is -0.295 e. The number of hydrogen-bond acceptors (Lipinski definition) is 6. The Labute approximate surface area is 179 Å². The summed E-state index contributed by atoms with van der Waals surface area (Å²) in [7, 11) is 0. The van der Waals surface area contributed by atoms with Gasteiger partial charge in [0, 0.05) is 48.4 Å². The number of aryl methyl sites for hydroxylation is 4. The van der Waals surface area contributed by atoms with E-state index in [1.165, 1.54) is 5.56 Å². The molecule has 5 aromatic heterocycles. The third-order valence-corrected chi connectivity index (χ3v) is 5.28. The number of fused-ring (bicyclic) bond motifs is 1. The van der Waals surface area contributed by atoms with Gasteiger partial charge < -0.3 is 0 Å². The Balaban J connectivity index is 1.39. The van der Waals surface area contributed by atoms with Crippen molar-refractivity contribution in [1.29, 1.82) is 0 Å². The first kappa shape index (κ1) is 19.0. The van der Waals surface area contributed by atoms with Crippen molar-refractivity contribution in [3.05, 3.63) is 90.3 Å². The monoisotopic (exact) mass is 407 g/mol. The van der Waals surface area contributed by atoms with Crippen LogP contribution in [-0.4, -0.2) is 34.3 Å². The Hall–Kier alpha value is -4.00. The normalized spacial score (nSPS) is 11.2. The van der Waals surface area contributed by atoms with Crippen LogP contribution in [0.2, 0.25) is 0 Å². The van der Waals surface area contributed by atoms with E-state index in [0.717, 1.165) is 58.1 Å². The van der Waals surface area contributed by atoms with E-state index in [9.17, 15) is 0 Å². The minimum absolute atomic E-state index is 0.774. The van der Waals surface area contributed by atoms with Gasteiger partial charge in [0.2, 0.25) is 0 Å². The van der Waals surface area contributed by atoms with E-state index >= 15 is 0 Å². The molecule has 0 spiro atoms. The highest BCUT2D eigenvalue weighted by atomic mass is 15.0. The van der Waals surface area contributed by atoms with Crippen LogP contribution in [-0.2, 0) is 12.8 Å². The van der Waals surface area contributed by atoms with Gasteiger partial charge in [-0.25, -0.2) is 4.98 Å². The van der Waals surface area contributed by atoms with Crippen molar-refractivity contribution in [1.82, 2.24) is 34.3 Å². The van der Waals surface area contributed by atoms with E-state index in [4.69, 9.17) is 4.98 Å². The lowest BCUT2D eigenvalue weighted by Gasteiger charge is -2.09. The Morgan fingerprint density at radius 1 is 0.806 bits per heavy atom. The second kappa shape index (κ2) is 8.02. The van der Waals surface area contributed by atoms with Crippen molar-refractivity contribution < 1.29 is 0 Å². The molecule has 7 nitrogen and oxygen atoms in total. The quantitative estimate of drug-likeness (QED) is 0.437. The molecule has 0 radical (unpaired) electrons. The number of nitrogens with zero attached hydrogens (tertiary/aromatic N) is 7. The predicted octanol–water partition coefficient (Wildman–Crippen LogP) is 4.05. The summed E-state index contributed by atoms with van der Waals surface area (Å²) in [6.07, 6.45) is 16.0. The van der Waals surface area contributed by atoms with Crippen molar-refractivity contribution in [3.8, 4) is 22.6 Å². The molecule has 0 fully saturated rings. The summed E-state index contributed by atoms with van der Waals surface area (Å²) in [6.45, 7) is 4.09. The molecule has 5 heterocycles. The minimum atomic E-state index is 0.774. The first-order valence-electron chi connectivity index (χ1n) is 10.1. The van der Waals surface area contributed by atoms with Crippen LogP contribution in [0.1, 0.15) is 22.5 Å². The molecule has 0 amide bonds. The highest BCUT2D eigenvalue weighted by Crippen LogP contribution is 2.23. The third-order valence-electron chi connectivity index (χ3n) is 5.28. The topological polar surface area (TPSA) is 81.8 Å². The van der Waals surface area contributed by atoms with Gasteiger partial charge in [-0.15, -0.1) is 0 Å². The van der Waals surface area contributed by atoms with Crippen LogP contribution in [0.3, 0.4) is 0 Å². The summed E-state index contributed by atoms with van der Waals surface area (Å²) in [6, 6.07) is 6.26. The molecule has 31 heavy (non-hydrogen) atoms. The maximum atomic E-state index is 4.72. The van der Waals surface area contributed by atoms with Gasteiger partial charge in [-0.1, -0.05) is 6.07 Å². The average Bonchev–Trinajstić information content (AvgIpc) is 3.23. The van der Waals surface area contributed by atoms with Crippen molar-refractivity contribution in [2.45, 2.75) is 26.7 Å². The Kier molecular flexibility index (Phi) is 4.92. The summed E-state index contributed by atoms with van der Waals surface area (Å²) in [5, 5.41) is 0. The Bertz CT molecular complexity index is 1360. The summed E-state index contributed by atoms with van der Waals surface area (Å²) in [5.74, 6) is 0. The lowest BCUT2D eigenvalue weighted by atomic mass is 10.0. The van der Waals surface area contributed by atoms with Crippen molar-refractivity contribution >= 4 is 5.65 Å². The molecule has 0 aromatic carbocycles. The van der Waals surface area contributed by atoms with Gasteiger partial charge in [-0.05, 0) is 49.9 Å². The fourth-order valence-electron chi connectivity index (χ4n) is 3.80. The number of pyridine rings is 2. The van der Waals surface area contributed by atoms with E-state index in [-0.39, 0.29) is 0 Å². The largest absolute Gasteiger partial charge is 0.295 e. The van der Waals surface area contributed by atoms with Gasteiger partial charge in [0.15, 0.2) is 5.65 Å². The molecular weight excluding hydrogens is 386 g/mol. The smallest absolute Gasteiger partial charge is 0.159 e. The molecule has 152 valence electrons. The summed E-state index contributed by atoms with van der Waals surface area (Å²) in [5.41, 5.74) is 8.89. The molecule has 5 aromatic rings. The van der Waals surface area contributed by atoms with E-state index < -0.39 is 0 Å². The van der Waals surface area contributed by atoms with E-state index in [1.807, 2.05) is 48.4 Å². The first-order valence-corrected chi connectivity index (χ1v) is 10.1. The summed E-state index contributed by atoms with van der Waals surface area (Å²) < 4.78 is 2.02. The molecule has 5 rings (SSSR count). The van der Waals surface area contributed by atoms with Crippen LogP contribution < -0.4 is 0 Å². The van der Waals surface area contributed by atoms with Crippen molar-refractivity contribution in [3.63, 3.8) is 0 Å². The fraction of sp³-hybridized carbons (Fsp3) is 0.167. The standard InChI is InChI=1S/C24H21N7/c1-16-11-18(13-29-23(16)19-5-6-26-17(2)12-19)3-4-20-24-30-15-22(31(24)10-9-28-20)21-14-25-7-8-27-21/h5-15H,3-4H2,1-2H3. The third kappa shape index (κ3) is 3.77. The lowest BCUT2D eigenvalue weighted by Crippen LogP contribution is -2.01. The van der Waals surface area contributed by atoms with Crippen LogP contribution >= 0.6 is 0 Å². The van der Waals surface area contributed by atoms with Gasteiger partial charge in [-0.2, -0.15) is 0 Å². The zero-order chi connectivity index (χ0) is 21.2. The second-order valence-corrected chi connectivity index (χ2v) is 7.50. The zero-order valence-corrected chi connectivity index (χ0v) is 17.4. The van der Waals surface area contributed by atoms with E-state index in [2.05, 4.69) is 44.0 Å². The fourth-order valence-corrected chi connectivity index (χ4v) is 3.80. The average molecular weight is 407 g/mol. The molecule has 0 N–H and O–H groups in total. The van der Waals surface area contributed by atoms with Crippen LogP contribution in [0.15, 0.2) is 67.8 Å². The van der Waals surface area contributed by atoms with Crippen LogP contribution in [0, 0.1) is 13.8 Å². The molecule has 0 aliphatic heterocycles. The Morgan fingerprint density at radius 2 is 1.74 bits per heavy atom. The molecule has 0 atom stereocenters. The SMILES string of the molecule is Cc1cc(-c2ncc(CCc3nccn4c(-c5cnccn5)cnc34)cc2C)ccn1. The predicted molar refractivity (Wildman–Crippen MR) is 118 cm³/mol. The molecule has 0 saturated heterocycles. The van der Waals surface area contributed by atoms with Crippen LogP contribution in [0.25, 0.3) is 28.3 Å². The van der Waals surface area contributed by atoms with Crippen LogP contribution in [0.5, 0.6) is 0 Å². The van der Waals surface area contributed by atoms with Gasteiger partial charge in [-0.3, -0.25) is 29.3 Å². The first-order chi connectivity index (χ1) is 15.2. The molecule has 0 saturated carbocycles. The van der Waals surface area contributed by atoms with Crippen molar-refractivity contribution in [2.75, 3.05) is 0 Å². The van der Waals surface area contributed by atoms with Crippen LogP contribution in [0.4, 0.5) is 0 Å².